The van der Waals surface area contributed by atoms with Crippen molar-refractivity contribution in [1.82, 2.24) is 15.1 Å². The lowest BCUT2D eigenvalue weighted by Gasteiger charge is -2.37. The van der Waals surface area contributed by atoms with Crippen LogP contribution in [0.1, 0.15) is 27.7 Å². The average molecular weight is 238 g/mol. The van der Waals surface area contributed by atoms with Gasteiger partial charge in [-0.1, -0.05) is 0 Å². The van der Waals surface area contributed by atoms with Gasteiger partial charge in [0.05, 0.1) is 12.1 Å². The summed E-state index contributed by atoms with van der Waals surface area (Å²) in [7, 11) is 0. The molecule has 5 nitrogen and oxygen atoms in total. The number of piperazine rings is 1. The molecule has 96 valence electrons. The lowest BCUT2D eigenvalue weighted by molar-refractivity contribution is 0.125. The summed E-state index contributed by atoms with van der Waals surface area (Å²) in [6.45, 7) is 10.7. The van der Waals surface area contributed by atoms with Crippen LogP contribution in [0.5, 0.6) is 0 Å². The van der Waals surface area contributed by atoms with Crippen molar-refractivity contribution in [2.24, 2.45) is 0 Å². The average Bonchev–Trinajstić information content (AvgIpc) is 2.26. The summed E-state index contributed by atoms with van der Waals surface area (Å²) < 4.78 is 0. The Hall–Kier alpha value is -1.28. The van der Waals surface area contributed by atoms with E-state index in [4.69, 9.17) is 5.26 Å². The molecule has 0 aliphatic carbocycles. The molecule has 1 heterocycles. The lowest BCUT2D eigenvalue weighted by Crippen LogP contribution is -2.56. The van der Waals surface area contributed by atoms with Gasteiger partial charge in [-0.2, -0.15) is 5.26 Å². The standard InChI is InChI=1S/C12H22N4O/c1-10(9-13)15-5-7-16(8-6-15)11(17)14-12(2,3)4/h10H,5-8H2,1-4H3,(H,14,17). The minimum atomic E-state index is -0.200. The monoisotopic (exact) mass is 238 g/mol. The highest BCUT2D eigenvalue weighted by Gasteiger charge is 2.25. The summed E-state index contributed by atoms with van der Waals surface area (Å²) in [5, 5.41) is 11.8. The lowest BCUT2D eigenvalue weighted by atomic mass is 10.1. The molecular formula is C12H22N4O. The van der Waals surface area contributed by atoms with Crippen LogP contribution in [0.3, 0.4) is 0 Å². The molecule has 2 amide bonds. The fraction of sp³-hybridized carbons (Fsp3) is 0.833. The molecule has 17 heavy (non-hydrogen) atoms. The van der Waals surface area contributed by atoms with Crippen LogP contribution >= 0.6 is 0 Å². The van der Waals surface area contributed by atoms with Crippen LogP contribution < -0.4 is 5.32 Å². The van der Waals surface area contributed by atoms with Crippen LogP contribution in [0.4, 0.5) is 4.79 Å². The van der Waals surface area contributed by atoms with Crippen molar-refractivity contribution in [2.75, 3.05) is 26.2 Å². The first-order chi connectivity index (χ1) is 7.83. The van der Waals surface area contributed by atoms with Gasteiger partial charge in [-0.15, -0.1) is 0 Å². The molecule has 0 aromatic carbocycles. The first-order valence-corrected chi connectivity index (χ1v) is 6.04. The Morgan fingerprint density at radius 2 is 1.82 bits per heavy atom. The highest BCUT2D eigenvalue weighted by Crippen LogP contribution is 2.07. The molecule has 5 heteroatoms. The second-order valence-electron chi connectivity index (χ2n) is 5.51. The van der Waals surface area contributed by atoms with Gasteiger partial charge in [-0.25, -0.2) is 4.79 Å². The zero-order chi connectivity index (χ0) is 13.1. The number of hydrogen-bond donors (Lipinski definition) is 1. The highest BCUT2D eigenvalue weighted by atomic mass is 16.2. The maximum absolute atomic E-state index is 11.9. The quantitative estimate of drug-likeness (QED) is 0.742. The van der Waals surface area contributed by atoms with Crippen molar-refractivity contribution in [3.05, 3.63) is 0 Å². The van der Waals surface area contributed by atoms with E-state index in [1.54, 1.807) is 0 Å². The number of nitriles is 1. The highest BCUT2D eigenvalue weighted by molar-refractivity contribution is 5.75. The number of urea groups is 1. The molecule has 1 fully saturated rings. The first kappa shape index (κ1) is 13.8. The van der Waals surface area contributed by atoms with E-state index in [0.717, 1.165) is 13.1 Å². The first-order valence-electron chi connectivity index (χ1n) is 6.04. The van der Waals surface area contributed by atoms with Gasteiger partial charge in [-0.05, 0) is 27.7 Å². The molecule has 0 aromatic heterocycles. The molecule has 1 aliphatic heterocycles. The van der Waals surface area contributed by atoms with E-state index in [2.05, 4.69) is 16.3 Å². The number of carbonyl (C=O) groups is 1. The zero-order valence-corrected chi connectivity index (χ0v) is 11.2. The zero-order valence-electron chi connectivity index (χ0n) is 11.2. The van der Waals surface area contributed by atoms with Crippen LogP contribution in [0.25, 0.3) is 0 Å². The molecule has 0 aromatic rings. The Labute approximate surface area is 103 Å². The fourth-order valence-electron chi connectivity index (χ4n) is 1.79. The smallest absolute Gasteiger partial charge is 0.317 e. The summed E-state index contributed by atoms with van der Waals surface area (Å²) in [6, 6.07) is 2.14. The van der Waals surface area contributed by atoms with E-state index < -0.39 is 0 Å². The molecule has 1 N–H and O–H groups in total. The van der Waals surface area contributed by atoms with Gasteiger partial charge in [0.2, 0.25) is 0 Å². The number of amides is 2. The van der Waals surface area contributed by atoms with Gasteiger partial charge >= 0.3 is 6.03 Å². The summed E-state index contributed by atoms with van der Waals surface area (Å²) in [5.74, 6) is 0. The number of rotatable bonds is 1. The van der Waals surface area contributed by atoms with Gasteiger partial charge in [0, 0.05) is 31.7 Å². The van der Waals surface area contributed by atoms with E-state index in [0.29, 0.717) is 13.1 Å². The number of hydrogen-bond acceptors (Lipinski definition) is 3. The van der Waals surface area contributed by atoms with Gasteiger partial charge in [-0.3, -0.25) is 4.90 Å². The van der Waals surface area contributed by atoms with Gasteiger partial charge in [0.15, 0.2) is 0 Å². The van der Waals surface area contributed by atoms with Crippen LogP contribution in [0.15, 0.2) is 0 Å². The van der Waals surface area contributed by atoms with Crippen molar-refractivity contribution in [2.45, 2.75) is 39.3 Å². The molecule has 1 saturated heterocycles. The number of nitrogens with one attached hydrogen (secondary N) is 1. The third-order valence-electron chi connectivity index (χ3n) is 2.82. The summed E-state index contributed by atoms with van der Waals surface area (Å²) >= 11 is 0. The second-order valence-corrected chi connectivity index (χ2v) is 5.51. The molecule has 1 unspecified atom stereocenters. The topological polar surface area (TPSA) is 59.4 Å². The van der Waals surface area contributed by atoms with E-state index in [9.17, 15) is 4.79 Å². The van der Waals surface area contributed by atoms with Crippen LogP contribution in [-0.4, -0.2) is 53.6 Å². The van der Waals surface area contributed by atoms with E-state index in [-0.39, 0.29) is 17.6 Å². The minimum Gasteiger partial charge on any atom is -0.333 e. The summed E-state index contributed by atoms with van der Waals surface area (Å²) in [5.41, 5.74) is -0.200. The SMILES string of the molecule is CC(C#N)N1CCN(C(=O)NC(C)(C)C)CC1. The summed E-state index contributed by atoms with van der Waals surface area (Å²) in [4.78, 5) is 15.8. The molecule has 0 spiro atoms. The van der Waals surface area contributed by atoms with Gasteiger partial charge < -0.3 is 10.2 Å². The Morgan fingerprint density at radius 1 is 1.29 bits per heavy atom. The van der Waals surface area contributed by atoms with E-state index in [1.165, 1.54) is 0 Å². The van der Waals surface area contributed by atoms with E-state index in [1.807, 2.05) is 32.6 Å². The molecule has 1 aliphatic rings. The van der Waals surface area contributed by atoms with Crippen molar-refractivity contribution in [1.29, 1.82) is 5.26 Å². The number of carbonyl (C=O) groups excluding carboxylic acids is 1. The Balaban J connectivity index is 2.42. The fourth-order valence-corrected chi connectivity index (χ4v) is 1.79. The maximum Gasteiger partial charge on any atom is 0.317 e. The Bertz CT molecular complexity index is 307. The van der Waals surface area contributed by atoms with Crippen molar-refractivity contribution in [3.63, 3.8) is 0 Å². The minimum absolute atomic E-state index is 0.0123. The molecule has 0 saturated carbocycles. The van der Waals surface area contributed by atoms with Crippen molar-refractivity contribution in [3.8, 4) is 6.07 Å². The summed E-state index contributed by atoms with van der Waals surface area (Å²) in [6.07, 6.45) is 0. The predicted octanol–water partition coefficient (Wildman–Crippen LogP) is 1.02. The third-order valence-corrected chi connectivity index (χ3v) is 2.82. The van der Waals surface area contributed by atoms with Crippen molar-refractivity contribution >= 4 is 6.03 Å². The third kappa shape index (κ3) is 4.23. The normalized spacial score (nSPS) is 19.6. The molecule has 1 rings (SSSR count). The maximum atomic E-state index is 11.9. The Morgan fingerprint density at radius 3 is 2.24 bits per heavy atom. The van der Waals surface area contributed by atoms with E-state index >= 15 is 0 Å². The largest absolute Gasteiger partial charge is 0.333 e. The predicted molar refractivity (Wildman–Crippen MR) is 66.5 cm³/mol. The number of nitrogens with zero attached hydrogens (tertiary/aromatic N) is 3. The van der Waals surface area contributed by atoms with Gasteiger partial charge in [0.1, 0.15) is 0 Å². The second kappa shape index (κ2) is 5.37. The molecule has 0 bridgehead atoms. The van der Waals surface area contributed by atoms with Crippen molar-refractivity contribution < 1.29 is 4.79 Å². The van der Waals surface area contributed by atoms with Gasteiger partial charge in [0.25, 0.3) is 0 Å². The molecule has 0 radical (unpaired) electrons. The molecular weight excluding hydrogens is 216 g/mol. The van der Waals surface area contributed by atoms with Crippen LogP contribution in [0.2, 0.25) is 0 Å². The molecule has 1 atom stereocenters. The Kier molecular flexibility index (Phi) is 4.35. The van der Waals surface area contributed by atoms with Crippen LogP contribution in [-0.2, 0) is 0 Å². The van der Waals surface area contributed by atoms with Crippen LogP contribution in [0, 0.1) is 11.3 Å².